The third kappa shape index (κ3) is 2.46. The van der Waals surface area contributed by atoms with Gasteiger partial charge in [-0.3, -0.25) is 0 Å². The van der Waals surface area contributed by atoms with Crippen LogP contribution in [0.1, 0.15) is 47.2 Å². The van der Waals surface area contributed by atoms with Crippen molar-refractivity contribution in [2.75, 3.05) is 0 Å². The minimum absolute atomic E-state index is 0.432. The first-order valence-corrected chi connectivity index (χ1v) is 7.29. The summed E-state index contributed by atoms with van der Waals surface area (Å²) in [7, 11) is 0. The Morgan fingerprint density at radius 3 is 2.38 bits per heavy atom. The molecule has 1 aromatic rings. The van der Waals surface area contributed by atoms with Crippen molar-refractivity contribution in [3.05, 3.63) is 33.8 Å². The smallest absolute Gasteiger partial charge is 0.0452 e. The minimum Gasteiger partial charge on any atom is -0.0840 e. The topological polar surface area (TPSA) is 0 Å². The first kappa shape index (κ1) is 12.4. The van der Waals surface area contributed by atoms with Crippen LogP contribution in [0.3, 0.4) is 0 Å². The van der Waals surface area contributed by atoms with E-state index >= 15 is 0 Å². The van der Waals surface area contributed by atoms with Crippen molar-refractivity contribution in [2.24, 2.45) is 5.92 Å². The van der Waals surface area contributed by atoms with Gasteiger partial charge in [-0.1, -0.05) is 46.4 Å². The van der Waals surface area contributed by atoms with Gasteiger partial charge in [-0.05, 0) is 55.4 Å². The van der Waals surface area contributed by atoms with E-state index in [1.54, 1.807) is 0 Å². The Morgan fingerprint density at radius 2 is 1.75 bits per heavy atom. The first-order chi connectivity index (χ1) is 7.59. The summed E-state index contributed by atoms with van der Waals surface area (Å²) < 4.78 is 0. The van der Waals surface area contributed by atoms with E-state index in [0.29, 0.717) is 4.83 Å². The number of halogens is 2. The van der Waals surface area contributed by atoms with Crippen LogP contribution in [0.4, 0.5) is 0 Å². The number of rotatable bonds is 2. The number of hydrogen-bond acceptors (Lipinski definition) is 0. The van der Waals surface area contributed by atoms with Crippen LogP contribution in [0, 0.1) is 19.8 Å². The zero-order valence-electron chi connectivity index (χ0n) is 9.89. The number of alkyl halides is 1. The molecule has 0 heterocycles. The van der Waals surface area contributed by atoms with Crippen molar-refractivity contribution in [2.45, 2.75) is 44.4 Å². The van der Waals surface area contributed by atoms with Crippen molar-refractivity contribution < 1.29 is 0 Å². The van der Waals surface area contributed by atoms with Crippen molar-refractivity contribution in [1.82, 2.24) is 0 Å². The quantitative estimate of drug-likeness (QED) is 0.625. The van der Waals surface area contributed by atoms with Crippen LogP contribution in [0.5, 0.6) is 0 Å². The fourth-order valence-electron chi connectivity index (χ4n) is 2.52. The van der Waals surface area contributed by atoms with E-state index in [1.165, 1.54) is 42.4 Å². The number of benzene rings is 1. The van der Waals surface area contributed by atoms with Crippen molar-refractivity contribution >= 4 is 27.5 Å². The Balaban J connectivity index is 2.28. The molecule has 1 aliphatic rings. The summed E-state index contributed by atoms with van der Waals surface area (Å²) in [6.07, 6.45) is 5.41. The predicted octanol–water partition coefficient (Wildman–Crippen LogP) is 5.58. The van der Waals surface area contributed by atoms with Crippen LogP contribution in [0.2, 0.25) is 5.02 Å². The molecule has 0 bridgehead atoms. The van der Waals surface area contributed by atoms with E-state index in [-0.39, 0.29) is 0 Å². The van der Waals surface area contributed by atoms with Crippen LogP contribution in [0.25, 0.3) is 0 Å². The molecule has 0 N–H and O–H groups in total. The van der Waals surface area contributed by atoms with E-state index in [1.807, 2.05) is 0 Å². The SMILES string of the molecule is Cc1cc(Cl)c(C(Br)C2CCCC2)cc1C. The summed E-state index contributed by atoms with van der Waals surface area (Å²) in [6.45, 7) is 4.27. The fourth-order valence-corrected chi connectivity index (χ4v) is 3.89. The maximum Gasteiger partial charge on any atom is 0.0452 e. The highest BCUT2D eigenvalue weighted by atomic mass is 79.9. The van der Waals surface area contributed by atoms with Gasteiger partial charge in [0, 0.05) is 9.85 Å². The van der Waals surface area contributed by atoms with Crippen molar-refractivity contribution in [1.29, 1.82) is 0 Å². The van der Waals surface area contributed by atoms with Crippen LogP contribution in [-0.2, 0) is 0 Å². The van der Waals surface area contributed by atoms with E-state index < -0.39 is 0 Å². The summed E-state index contributed by atoms with van der Waals surface area (Å²) in [5.41, 5.74) is 3.89. The molecule has 2 heteroatoms. The average Bonchev–Trinajstić information content (AvgIpc) is 2.75. The molecule has 1 unspecified atom stereocenters. The normalized spacial score (nSPS) is 19.0. The van der Waals surface area contributed by atoms with Gasteiger partial charge in [-0.2, -0.15) is 0 Å². The van der Waals surface area contributed by atoms with E-state index in [9.17, 15) is 0 Å². The molecule has 1 fully saturated rings. The maximum absolute atomic E-state index is 6.34. The van der Waals surface area contributed by atoms with Gasteiger partial charge in [0.2, 0.25) is 0 Å². The molecule has 0 radical (unpaired) electrons. The molecule has 88 valence electrons. The Bertz CT molecular complexity index is 381. The molecular weight excluding hydrogens is 284 g/mol. The van der Waals surface area contributed by atoms with Gasteiger partial charge < -0.3 is 0 Å². The lowest BCUT2D eigenvalue weighted by atomic mass is 9.95. The van der Waals surface area contributed by atoms with Gasteiger partial charge in [-0.25, -0.2) is 0 Å². The van der Waals surface area contributed by atoms with Gasteiger partial charge in [0.1, 0.15) is 0 Å². The zero-order chi connectivity index (χ0) is 11.7. The molecule has 1 saturated carbocycles. The molecule has 0 spiro atoms. The standard InChI is InChI=1S/C14H18BrCl/c1-9-7-12(13(16)8-10(9)2)14(15)11-5-3-4-6-11/h7-8,11,14H,3-6H2,1-2H3. The monoisotopic (exact) mass is 300 g/mol. The van der Waals surface area contributed by atoms with Crippen LogP contribution >= 0.6 is 27.5 Å². The Hall–Kier alpha value is -0.0100. The second-order valence-electron chi connectivity index (χ2n) is 4.90. The number of aryl methyl sites for hydroxylation is 2. The molecule has 0 aromatic heterocycles. The molecule has 0 amide bonds. The van der Waals surface area contributed by atoms with Gasteiger partial charge >= 0.3 is 0 Å². The lowest BCUT2D eigenvalue weighted by molar-refractivity contribution is 0.542. The van der Waals surface area contributed by atoms with Crippen molar-refractivity contribution in [3.8, 4) is 0 Å². The second-order valence-corrected chi connectivity index (χ2v) is 6.30. The van der Waals surface area contributed by atoms with Crippen molar-refractivity contribution in [3.63, 3.8) is 0 Å². The fraction of sp³-hybridized carbons (Fsp3) is 0.571. The average molecular weight is 302 g/mol. The minimum atomic E-state index is 0.432. The van der Waals surface area contributed by atoms with Crippen LogP contribution in [0.15, 0.2) is 12.1 Å². The maximum atomic E-state index is 6.34. The predicted molar refractivity (Wildman–Crippen MR) is 74.6 cm³/mol. The zero-order valence-corrected chi connectivity index (χ0v) is 12.2. The van der Waals surface area contributed by atoms with Crippen LogP contribution in [-0.4, -0.2) is 0 Å². The van der Waals surface area contributed by atoms with Gasteiger partial charge in [-0.15, -0.1) is 0 Å². The molecule has 1 aromatic carbocycles. The van der Waals surface area contributed by atoms with Gasteiger partial charge in [0.05, 0.1) is 0 Å². The van der Waals surface area contributed by atoms with E-state index in [0.717, 1.165) is 10.9 Å². The molecule has 2 rings (SSSR count). The molecule has 1 atom stereocenters. The summed E-state index contributed by atoms with van der Waals surface area (Å²) in [4.78, 5) is 0.432. The Kier molecular flexibility index (Phi) is 3.97. The highest BCUT2D eigenvalue weighted by molar-refractivity contribution is 9.09. The molecule has 0 saturated heterocycles. The third-order valence-electron chi connectivity index (χ3n) is 3.72. The first-order valence-electron chi connectivity index (χ1n) is 6.00. The summed E-state index contributed by atoms with van der Waals surface area (Å²) in [6, 6.07) is 4.34. The second kappa shape index (κ2) is 5.10. The summed E-state index contributed by atoms with van der Waals surface area (Å²) >= 11 is 10.2. The molecule has 0 nitrogen and oxygen atoms in total. The highest BCUT2D eigenvalue weighted by Gasteiger charge is 2.25. The van der Waals surface area contributed by atoms with E-state index in [2.05, 4.69) is 41.9 Å². The Labute approximate surface area is 112 Å². The molecule has 1 aliphatic carbocycles. The summed E-state index contributed by atoms with van der Waals surface area (Å²) in [5.74, 6) is 0.764. The Morgan fingerprint density at radius 1 is 1.19 bits per heavy atom. The molecule has 0 aliphatic heterocycles. The number of hydrogen-bond donors (Lipinski definition) is 0. The lowest BCUT2D eigenvalue weighted by Crippen LogP contribution is -2.04. The molecular formula is C14H18BrCl. The van der Waals surface area contributed by atoms with E-state index in [4.69, 9.17) is 11.6 Å². The lowest BCUT2D eigenvalue weighted by Gasteiger charge is -2.20. The third-order valence-corrected chi connectivity index (χ3v) is 5.29. The molecule has 16 heavy (non-hydrogen) atoms. The van der Waals surface area contributed by atoms with Gasteiger partial charge in [0.15, 0.2) is 0 Å². The van der Waals surface area contributed by atoms with Crippen LogP contribution < -0.4 is 0 Å². The van der Waals surface area contributed by atoms with Gasteiger partial charge in [0.25, 0.3) is 0 Å². The highest BCUT2D eigenvalue weighted by Crippen LogP contribution is 2.43. The largest absolute Gasteiger partial charge is 0.0840 e. The summed E-state index contributed by atoms with van der Waals surface area (Å²) in [5, 5.41) is 0.914.